The van der Waals surface area contributed by atoms with Gasteiger partial charge < -0.3 is 14.8 Å². The molecule has 0 spiro atoms. The number of halogens is 1. The van der Waals surface area contributed by atoms with E-state index >= 15 is 0 Å². The number of imidazole rings is 1. The number of benzene rings is 2. The van der Waals surface area contributed by atoms with Crippen LogP contribution in [0.5, 0.6) is 0 Å². The fraction of sp³-hybridized carbons (Fsp3) is 0.0833. The van der Waals surface area contributed by atoms with Crippen LogP contribution >= 0.6 is 15.9 Å². The van der Waals surface area contributed by atoms with Crippen molar-refractivity contribution in [3.63, 3.8) is 0 Å². The molecule has 0 fully saturated rings. The van der Waals surface area contributed by atoms with Gasteiger partial charge in [0.05, 0.1) is 10.7 Å². The predicted molar refractivity (Wildman–Crippen MR) is 135 cm³/mol. The van der Waals surface area contributed by atoms with Crippen molar-refractivity contribution in [1.82, 2.24) is 35.0 Å². The number of H-pyrrole nitrogens is 1. The SMILES string of the molecule is Cc1cc(NCc2ccc3oc(-c4ccccc4-c4nn[nH]n4)c(Br)c3c2)n2c(C(=O)O)cnc2n1. The van der Waals surface area contributed by atoms with Gasteiger partial charge in [-0.15, -0.1) is 10.2 Å². The van der Waals surface area contributed by atoms with Gasteiger partial charge in [-0.1, -0.05) is 30.3 Å². The highest BCUT2D eigenvalue weighted by molar-refractivity contribution is 9.10. The van der Waals surface area contributed by atoms with Gasteiger partial charge in [-0.25, -0.2) is 14.8 Å². The number of aromatic carboxylic acids is 1. The van der Waals surface area contributed by atoms with Crippen LogP contribution in [0.15, 0.2) is 63.6 Å². The van der Waals surface area contributed by atoms with Crippen LogP contribution in [0.1, 0.15) is 21.7 Å². The molecular weight excluding hydrogens is 528 g/mol. The van der Waals surface area contributed by atoms with Crippen molar-refractivity contribution in [1.29, 1.82) is 0 Å². The molecule has 0 aliphatic rings. The Morgan fingerprint density at radius 1 is 1.19 bits per heavy atom. The molecule has 0 atom stereocenters. The first kappa shape index (κ1) is 21.9. The highest BCUT2D eigenvalue weighted by Gasteiger charge is 2.20. The lowest BCUT2D eigenvalue weighted by molar-refractivity contribution is 0.0689. The van der Waals surface area contributed by atoms with Crippen LogP contribution in [-0.4, -0.2) is 46.1 Å². The minimum Gasteiger partial charge on any atom is -0.477 e. The summed E-state index contributed by atoms with van der Waals surface area (Å²) in [4.78, 5) is 20.1. The largest absolute Gasteiger partial charge is 0.477 e. The van der Waals surface area contributed by atoms with E-state index in [-0.39, 0.29) is 5.69 Å². The van der Waals surface area contributed by atoms with Crippen molar-refractivity contribution in [2.75, 3.05) is 5.32 Å². The number of aromatic nitrogens is 7. The highest BCUT2D eigenvalue weighted by atomic mass is 79.9. The minimum atomic E-state index is -1.08. The number of tetrazole rings is 1. The van der Waals surface area contributed by atoms with Crippen molar-refractivity contribution in [3.8, 4) is 22.7 Å². The normalized spacial score (nSPS) is 11.4. The van der Waals surface area contributed by atoms with E-state index in [1.807, 2.05) is 49.4 Å². The monoisotopic (exact) mass is 544 g/mol. The van der Waals surface area contributed by atoms with Gasteiger partial charge in [-0.3, -0.25) is 4.40 Å². The van der Waals surface area contributed by atoms with E-state index in [9.17, 15) is 9.90 Å². The van der Waals surface area contributed by atoms with Crippen molar-refractivity contribution in [2.45, 2.75) is 13.5 Å². The molecule has 6 rings (SSSR count). The van der Waals surface area contributed by atoms with Crippen LogP contribution in [0.25, 0.3) is 39.5 Å². The topological polar surface area (TPSA) is 147 Å². The summed E-state index contributed by atoms with van der Waals surface area (Å²) >= 11 is 3.71. The summed E-state index contributed by atoms with van der Waals surface area (Å²) in [5.41, 5.74) is 4.08. The summed E-state index contributed by atoms with van der Waals surface area (Å²) < 4.78 is 8.51. The van der Waals surface area contributed by atoms with Crippen LogP contribution in [0.3, 0.4) is 0 Å². The second-order valence-corrected chi connectivity index (χ2v) is 8.87. The van der Waals surface area contributed by atoms with Crippen molar-refractivity contribution in [2.24, 2.45) is 0 Å². The number of nitrogens with one attached hydrogen (secondary N) is 2. The average molecular weight is 545 g/mol. The number of aromatic amines is 1. The second kappa shape index (κ2) is 8.57. The predicted octanol–water partition coefficient (Wildman–Crippen LogP) is 4.70. The number of aryl methyl sites for hydroxylation is 1. The van der Waals surface area contributed by atoms with Gasteiger partial charge >= 0.3 is 5.97 Å². The van der Waals surface area contributed by atoms with Gasteiger partial charge in [0.2, 0.25) is 11.6 Å². The van der Waals surface area contributed by atoms with Crippen molar-refractivity contribution < 1.29 is 14.3 Å². The molecule has 4 heterocycles. The number of carboxylic acids is 1. The zero-order valence-electron chi connectivity index (χ0n) is 18.7. The van der Waals surface area contributed by atoms with Crippen molar-refractivity contribution in [3.05, 3.63) is 76.2 Å². The molecule has 0 saturated heterocycles. The molecule has 36 heavy (non-hydrogen) atoms. The molecule has 2 aromatic carbocycles. The Morgan fingerprint density at radius 2 is 2.03 bits per heavy atom. The van der Waals surface area contributed by atoms with Gasteiger partial charge in [-0.05, 0) is 45.8 Å². The van der Waals surface area contributed by atoms with Crippen LogP contribution in [-0.2, 0) is 6.54 Å². The minimum absolute atomic E-state index is 0.0398. The number of anilines is 1. The molecule has 3 N–H and O–H groups in total. The average Bonchev–Trinajstić information content (AvgIpc) is 3.62. The third-order valence-corrected chi connectivity index (χ3v) is 6.54. The summed E-state index contributed by atoms with van der Waals surface area (Å²) in [6.07, 6.45) is 1.30. The molecule has 6 aromatic rings. The fourth-order valence-electron chi connectivity index (χ4n) is 4.13. The number of furan rings is 1. The molecule has 0 aliphatic heterocycles. The third-order valence-electron chi connectivity index (χ3n) is 5.75. The number of rotatable bonds is 6. The molecular formula is C24H17BrN8O3. The first-order valence-electron chi connectivity index (χ1n) is 10.9. The molecule has 12 heteroatoms. The first-order valence-corrected chi connectivity index (χ1v) is 11.7. The lowest BCUT2D eigenvalue weighted by Gasteiger charge is -2.11. The zero-order valence-corrected chi connectivity index (χ0v) is 20.3. The number of hydrogen-bond donors (Lipinski definition) is 3. The Kier molecular flexibility index (Phi) is 5.22. The smallest absolute Gasteiger partial charge is 0.354 e. The van der Waals surface area contributed by atoms with E-state index in [0.717, 1.165) is 32.2 Å². The maximum atomic E-state index is 11.6. The number of carboxylic acid groups (broad SMARTS) is 1. The van der Waals surface area contributed by atoms with Crippen LogP contribution in [0.4, 0.5) is 5.82 Å². The Labute approximate surface area is 211 Å². The third kappa shape index (κ3) is 3.67. The Balaban J connectivity index is 1.35. The molecule has 0 bridgehead atoms. The van der Waals surface area contributed by atoms with Gasteiger partial charge in [0.25, 0.3) is 0 Å². The van der Waals surface area contributed by atoms with Crippen LogP contribution in [0, 0.1) is 6.92 Å². The van der Waals surface area contributed by atoms with E-state index in [1.54, 1.807) is 6.07 Å². The zero-order chi connectivity index (χ0) is 24.8. The molecule has 0 aliphatic carbocycles. The standard InChI is InChI=1S/C24H17BrN8O3/c1-12-8-19(33-17(23(34)35)11-27-24(33)28-12)26-10-13-6-7-18-16(9-13)20(25)21(36-18)14-4-2-3-5-15(14)22-29-31-32-30-22/h2-9,11,26H,10H2,1H3,(H,34,35)(H,29,30,31,32). The van der Waals surface area contributed by atoms with Crippen LogP contribution < -0.4 is 5.32 Å². The molecule has 4 aromatic heterocycles. The van der Waals surface area contributed by atoms with Gasteiger partial charge in [0, 0.05) is 34.8 Å². The van der Waals surface area contributed by atoms with E-state index < -0.39 is 5.97 Å². The molecule has 0 unspecified atom stereocenters. The van der Waals surface area contributed by atoms with Gasteiger partial charge in [0.1, 0.15) is 17.2 Å². The number of hydrogen-bond acceptors (Lipinski definition) is 8. The van der Waals surface area contributed by atoms with Crippen LogP contribution in [0.2, 0.25) is 0 Å². The Bertz CT molecular complexity index is 1760. The molecule has 178 valence electrons. The number of carbonyl (C=O) groups is 1. The van der Waals surface area contributed by atoms with E-state index in [4.69, 9.17) is 4.42 Å². The molecule has 0 radical (unpaired) electrons. The fourth-order valence-corrected chi connectivity index (χ4v) is 4.74. The Morgan fingerprint density at radius 3 is 2.81 bits per heavy atom. The second-order valence-electron chi connectivity index (χ2n) is 8.08. The molecule has 0 saturated carbocycles. The lowest BCUT2D eigenvalue weighted by atomic mass is 10.0. The summed E-state index contributed by atoms with van der Waals surface area (Å²) in [7, 11) is 0. The quantitative estimate of drug-likeness (QED) is 0.271. The van der Waals surface area contributed by atoms with E-state index in [2.05, 4.69) is 51.8 Å². The van der Waals surface area contributed by atoms with Crippen molar-refractivity contribution >= 4 is 44.5 Å². The van der Waals surface area contributed by atoms with E-state index in [1.165, 1.54) is 10.6 Å². The number of nitrogens with zero attached hydrogens (tertiary/aromatic N) is 6. The Hall–Kier alpha value is -4.58. The molecule has 0 amide bonds. The summed E-state index contributed by atoms with van der Waals surface area (Å²) in [5, 5.41) is 28.1. The highest BCUT2D eigenvalue weighted by Crippen LogP contribution is 2.41. The van der Waals surface area contributed by atoms with Gasteiger partial charge in [0.15, 0.2) is 5.69 Å². The molecule has 11 nitrogen and oxygen atoms in total. The lowest BCUT2D eigenvalue weighted by Crippen LogP contribution is -2.10. The van der Waals surface area contributed by atoms with Gasteiger partial charge in [-0.2, -0.15) is 5.21 Å². The summed E-state index contributed by atoms with van der Waals surface area (Å²) in [6, 6.07) is 15.4. The first-order chi connectivity index (χ1) is 17.5. The van der Waals surface area contributed by atoms with E-state index in [0.29, 0.717) is 35.3 Å². The maximum absolute atomic E-state index is 11.6. The number of fused-ring (bicyclic) bond motifs is 2. The summed E-state index contributed by atoms with van der Waals surface area (Å²) in [5.74, 6) is 0.975. The summed E-state index contributed by atoms with van der Waals surface area (Å²) in [6.45, 7) is 2.28. The maximum Gasteiger partial charge on any atom is 0.354 e.